The van der Waals surface area contributed by atoms with Crippen LogP contribution in [0.5, 0.6) is 11.5 Å². The van der Waals surface area contributed by atoms with Gasteiger partial charge >= 0.3 is 5.97 Å². The monoisotopic (exact) mass is 267 g/mol. The zero-order valence-electron chi connectivity index (χ0n) is 11.9. The van der Waals surface area contributed by atoms with E-state index in [-0.39, 0.29) is 6.61 Å². The number of esters is 1. The molecule has 1 aromatic carbocycles. The van der Waals surface area contributed by atoms with Crippen LogP contribution in [0.25, 0.3) is 0 Å². The van der Waals surface area contributed by atoms with Crippen LogP contribution in [0.1, 0.15) is 26.3 Å². The normalized spacial score (nSPS) is 11.0. The fourth-order valence-corrected chi connectivity index (χ4v) is 1.47. The molecule has 5 nitrogen and oxygen atoms in total. The molecule has 0 saturated carbocycles. The lowest BCUT2D eigenvalue weighted by molar-refractivity contribution is -0.157. The third-order valence-electron chi connectivity index (χ3n) is 2.23. The average molecular weight is 267 g/mol. The Morgan fingerprint density at radius 3 is 2.47 bits per heavy atom. The minimum Gasteiger partial charge on any atom is -0.493 e. The van der Waals surface area contributed by atoms with Gasteiger partial charge in [-0.3, -0.25) is 0 Å². The quantitative estimate of drug-likeness (QED) is 0.825. The Balaban J connectivity index is 2.65. The van der Waals surface area contributed by atoms with E-state index in [9.17, 15) is 4.79 Å². The summed E-state index contributed by atoms with van der Waals surface area (Å²) in [6.45, 7) is 5.68. The highest BCUT2D eigenvalue weighted by molar-refractivity contribution is 5.71. The Morgan fingerprint density at radius 1 is 1.26 bits per heavy atom. The molecule has 0 fully saturated rings. The Bertz CT molecular complexity index is 438. The van der Waals surface area contributed by atoms with Gasteiger partial charge in [-0.15, -0.1) is 0 Å². The smallest absolute Gasteiger partial charge is 0.344 e. The molecular weight excluding hydrogens is 246 g/mol. The zero-order chi connectivity index (χ0) is 14.5. The topological polar surface area (TPSA) is 70.8 Å². The van der Waals surface area contributed by atoms with Crippen molar-refractivity contribution in [2.24, 2.45) is 5.73 Å². The number of benzene rings is 1. The summed E-state index contributed by atoms with van der Waals surface area (Å²) >= 11 is 0. The summed E-state index contributed by atoms with van der Waals surface area (Å²) in [6.07, 6.45) is 0. The SMILES string of the molecule is COc1cc(CN)ccc1OCC(=O)OC(C)(C)C. The van der Waals surface area contributed by atoms with Gasteiger partial charge in [-0.1, -0.05) is 6.07 Å². The second-order valence-electron chi connectivity index (χ2n) is 5.06. The molecule has 0 radical (unpaired) electrons. The van der Waals surface area contributed by atoms with Crippen LogP contribution >= 0.6 is 0 Å². The number of hydrogen-bond donors (Lipinski definition) is 1. The lowest BCUT2D eigenvalue weighted by Crippen LogP contribution is -2.27. The Labute approximate surface area is 113 Å². The van der Waals surface area contributed by atoms with Crippen molar-refractivity contribution in [3.05, 3.63) is 23.8 Å². The van der Waals surface area contributed by atoms with E-state index < -0.39 is 11.6 Å². The summed E-state index contributed by atoms with van der Waals surface area (Å²) in [5.41, 5.74) is 5.96. The molecule has 0 amide bonds. The van der Waals surface area contributed by atoms with Crippen molar-refractivity contribution in [1.82, 2.24) is 0 Å². The van der Waals surface area contributed by atoms with Crippen molar-refractivity contribution in [1.29, 1.82) is 0 Å². The van der Waals surface area contributed by atoms with E-state index >= 15 is 0 Å². The van der Waals surface area contributed by atoms with Crippen molar-refractivity contribution in [3.8, 4) is 11.5 Å². The van der Waals surface area contributed by atoms with E-state index in [4.69, 9.17) is 19.9 Å². The molecule has 0 saturated heterocycles. The third kappa shape index (κ3) is 5.18. The maximum absolute atomic E-state index is 11.5. The van der Waals surface area contributed by atoms with Crippen molar-refractivity contribution in [2.75, 3.05) is 13.7 Å². The predicted octanol–water partition coefficient (Wildman–Crippen LogP) is 1.87. The van der Waals surface area contributed by atoms with Crippen molar-refractivity contribution in [2.45, 2.75) is 32.9 Å². The molecule has 0 aromatic heterocycles. The Kier molecular flexibility index (Phi) is 5.18. The summed E-state index contributed by atoms with van der Waals surface area (Å²) in [7, 11) is 1.54. The van der Waals surface area contributed by atoms with Crippen LogP contribution in [0, 0.1) is 0 Å². The fraction of sp³-hybridized carbons (Fsp3) is 0.500. The molecule has 0 aliphatic carbocycles. The first-order valence-corrected chi connectivity index (χ1v) is 6.07. The van der Waals surface area contributed by atoms with Gasteiger partial charge in [-0.25, -0.2) is 4.79 Å². The first kappa shape index (κ1) is 15.3. The van der Waals surface area contributed by atoms with Crippen molar-refractivity contribution < 1.29 is 19.0 Å². The number of methoxy groups -OCH3 is 1. The van der Waals surface area contributed by atoms with E-state index in [0.29, 0.717) is 18.0 Å². The highest BCUT2D eigenvalue weighted by Crippen LogP contribution is 2.28. The maximum Gasteiger partial charge on any atom is 0.344 e. The molecular formula is C14H21NO4. The average Bonchev–Trinajstić information content (AvgIpc) is 2.34. The first-order valence-electron chi connectivity index (χ1n) is 6.07. The summed E-state index contributed by atoms with van der Waals surface area (Å²) in [6, 6.07) is 5.34. The number of carbonyl (C=O) groups excluding carboxylic acids is 1. The molecule has 0 bridgehead atoms. The van der Waals surface area contributed by atoms with Gasteiger partial charge < -0.3 is 19.9 Å². The fourth-order valence-electron chi connectivity index (χ4n) is 1.47. The molecule has 1 rings (SSSR count). The predicted molar refractivity (Wildman–Crippen MR) is 72.2 cm³/mol. The molecule has 2 N–H and O–H groups in total. The van der Waals surface area contributed by atoms with Crippen LogP contribution in [-0.4, -0.2) is 25.3 Å². The first-order chi connectivity index (χ1) is 8.85. The molecule has 106 valence electrons. The standard InChI is InChI=1S/C14H21NO4/c1-14(2,3)19-13(16)9-18-11-6-5-10(8-15)7-12(11)17-4/h5-7H,8-9,15H2,1-4H3. The van der Waals surface area contributed by atoms with Gasteiger partial charge in [0.25, 0.3) is 0 Å². The molecule has 0 atom stereocenters. The molecule has 0 unspecified atom stereocenters. The number of ether oxygens (including phenoxy) is 3. The van der Waals surface area contributed by atoms with Crippen molar-refractivity contribution in [3.63, 3.8) is 0 Å². The van der Waals surface area contributed by atoms with Gasteiger partial charge in [0.1, 0.15) is 5.60 Å². The molecule has 19 heavy (non-hydrogen) atoms. The molecule has 5 heteroatoms. The van der Waals surface area contributed by atoms with Crippen LogP contribution < -0.4 is 15.2 Å². The minimum atomic E-state index is -0.520. The summed E-state index contributed by atoms with van der Waals surface area (Å²) in [4.78, 5) is 11.5. The highest BCUT2D eigenvalue weighted by Gasteiger charge is 2.17. The van der Waals surface area contributed by atoms with E-state index in [1.54, 1.807) is 12.1 Å². The molecule has 0 aliphatic heterocycles. The van der Waals surface area contributed by atoms with Gasteiger partial charge in [0.05, 0.1) is 7.11 Å². The van der Waals surface area contributed by atoms with E-state index in [1.807, 2.05) is 26.8 Å². The lowest BCUT2D eigenvalue weighted by Gasteiger charge is -2.19. The van der Waals surface area contributed by atoms with Crippen molar-refractivity contribution >= 4 is 5.97 Å². The van der Waals surface area contributed by atoms with Crippen LogP contribution in [0.2, 0.25) is 0 Å². The number of rotatable bonds is 5. The molecule has 0 heterocycles. The zero-order valence-corrected chi connectivity index (χ0v) is 11.9. The van der Waals surface area contributed by atoms with Gasteiger partial charge in [0.2, 0.25) is 0 Å². The summed E-state index contributed by atoms with van der Waals surface area (Å²) in [5.74, 6) is 0.620. The lowest BCUT2D eigenvalue weighted by atomic mass is 10.2. The second kappa shape index (κ2) is 6.43. The van der Waals surface area contributed by atoms with E-state index in [2.05, 4.69) is 0 Å². The highest BCUT2D eigenvalue weighted by atomic mass is 16.6. The maximum atomic E-state index is 11.5. The van der Waals surface area contributed by atoms with Crippen LogP contribution in [0.3, 0.4) is 0 Å². The molecule has 1 aromatic rings. The Morgan fingerprint density at radius 2 is 1.95 bits per heavy atom. The molecule has 0 spiro atoms. The third-order valence-corrected chi connectivity index (χ3v) is 2.23. The van der Waals surface area contributed by atoms with E-state index in [0.717, 1.165) is 5.56 Å². The minimum absolute atomic E-state index is 0.157. The van der Waals surface area contributed by atoms with Crippen LogP contribution in [-0.2, 0) is 16.1 Å². The van der Waals surface area contributed by atoms with Gasteiger partial charge in [0.15, 0.2) is 18.1 Å². The number of nitrogens with two attached hydrogens (primary N) is 1. The largest absolute Gasteiger partial charge is 0.493 e. The number of carbonyl (C=O) groups is 1. The van der Waals surface area contributed by atoms with Gasteiger partial charge in [-0.2, -0.15) is 0 Å². The Hall–Kier alpha value is -1.75. The van der Waals surface area contributed by atoms with Crippen LogP contribution in [0.4, 0.5) is 0 Å². The second-order valence-corrected chi connectivity index (χ2v) is 5.06. The molecule has 0 aliphatic rings. The number of hydrogen-bond acceptors (Lipinski definition) is 5. The summed E-state index contributed by atoms with van der Waals surface area (Å²) in [5, 5.41) is 0. The van der Waals surface area contributed by atoms with Gasteiger partial charge in [0, 0.05) is 6.54 Å². The van der Waals surface area contributed by atoms with E-state index in [1.165, 1.54) is 7.11 Å². The van der Waals surface area contributed by atoms with Gasteiger partial charge in [-0.05, 0) is 38.5 Å². The summed E-state index contributed by atoms with van der Waals surface area (Å²) < 4.78 is 15.7. The van der Waals surface area contributed by atoms with Crippen LogP contribution in [0.15, 0.2) is 18.2 Å².